The Bertz CT molecular complexity index is 1210. The summed E-state index contributed by atoms with van der Waals surface area (Å²) < 4.78 is 7.55. The van der Waals surface area contributed by atoms with Crippen LogP contribution in [0.15, 0.2) is 29.3 Å². The van der Waals surface area contributed by atoms with Crippen molar-refractivity contribution in [3.63, 3.8) is 0 Å². The number of carbonyl (C=O) groups is 1. The second-order valence-electron chi connectivity index (χ2n) is 9.26. The van der Waals surface area contributed by atoms with E-state index in [1.807, 2.05) is 18.0 Å². The van der Waals surface area contributed by atoms with Gasteiger partial charge in [0, 0.05) is 32.4 Å². The van der Waals surface area contributed by atoms with Gasteiger partial charge in [0.1, 0.15) is 5.82 Å². The topological polar surface area (TPSA) is 109 Å². The standard InChI is InChI=1S/C24H31N7O3/c1-16(31-20-14-26-27-24(33)23(20)17(2)28-31)15-34-12-7-22(32)30-10-8-29(9-11-30)21-6-5-19(13-25-21)18-3-4-18/h5-6,13-14,16,18H,3-4,7-12,15H2,1-2H3,(H,27,33). The Morgan fingerprint density at radius 1 is 1.21 bits per heavy atom. The maximum Gasteiger partial charge on any atom is 0.275 e. The summed E-state index contributed by atoms with van der Waals surface area (Å²) in [5, 5.41) is 11.4. The van der Waals surface area contributed by atoms with Crippen LogP contribution in [0.1, 0.15) is 49.4 Å². The molecule has 180 valence electrons. The second-order valence-corrected chi connectivity index (χ2v) is 9.26. The molecule has 5 rings (SSSR count). The highest BCUT2D eigenvalue weighted by atomic mass is 16.5. The molecule has 2 fully saturated rings. The smallest absolute Gasteiger partial charge is 0.275 e. The Morgan fingerprint density at radius 2 is 2.00 bits per heavy atom. The van der Waals surface area contributed by atoms with E-state index in [0.717, 1.165) is 18.9 Å². The fraction of sp³-hybridized carbons (Fsp3) is 0.542. The molecule has 2 aliphatic rings. The first kappa shape index (κ1) is 22.5. The number of amides is 1. The van der Waals surface area contributed by atoms with E-state index in [4.69, 9.17) is 4.74 Å². The predicted octanol–water partition coefficient (Wildman–Crippen LogP) is 2.02. The summed E-state index contributed by atoms with van der Waals surface area (Å²) in [4.78, 5) is 33.4. The van der Waals surface area contributed by atoms with Crippen LogP contribution in [0.3, 0.4) is 0 Å². The minimum atomic E-state index is -0.244. The molecule has 0 spiro atoms. The molecule has 1 N–H and O–H groups in total. The van der Waals surface area contributed by atoms with Crippen LogP contribution in [-0.4, -0.2) is 75.2 Å². The summed E-state index contributed by atoms with van der Waals surface area (Å²) in [5.41, 5.74) is 2.44. The molecular weight excluding hydrogens is 434 g/mol. The minimum absolute atomic E-state index is 0.0859. The van der Waals surface area contributed by atoms with Gasteiger partial charge >= 0.3 is 0 Å². The van der Waals surface area contributed by atoms with Crippen LogP contribution in [0, 0.1) is 6.92 Å². The Labute approximate surface area is 197 Å². The summed E-state index contributed by atoms with van der Waals surface area (Å²) in [5.74, 6) is 1.82. The molecule has 1 aliphatic carbocycles. The summed E-state index contributed by atoms with van der Waals surface area (Å²) in [6.07, 6.45) is 6.52. The van der Waals surface area contributed by atoms with Crippen molar-refractivity contribution in [2.24, 2.45) is 0 Å². The molecule has 1 saturated heterocycles. The quantitative estimate of drug-likeness (QED) is 0.507. The number of fused-ring (bicyclic) bond motifs is 1. The van der Waals surface area contributed by atoms with Crippen LogP contribution in [0.5, 0.6) is 0 Å². The van der Waals surface area contributed by atoms with Gasteiger partial charge in [-0.3, -0.25) is 14.3 Å². The van der Waals surface area contributed by atoms with E-state index in [1.165, 1.54) is 18.4 Å². The van der Waals surface area contributed by atoms with Crippen LogP contribution in [0.25, 0.3) is 10.9 Å². The molecule has 0 aromatic carbocycles. The van der Waals surface area contributed by atoms with Crippen molar-refractivity contribution in [3.8, 4) is 0 Å². The third kappa shape index (κ3) is 4.68. The molecule has 1 saturated carbocycles. The Kier molecular flexibility index (Phi) is 6.32. The molecule has 3 aromatic heterocycles. The van der Waals surface area contributed by atoms with Crippen molar-refractivity contribution in [1.29, 1.82) is 0 Å². The van der Waals surface area contributed by atoms with E-state index in [9.17, 15) is 9.59 Å². The van der Waals surface area contributed by atoms with E-state index in [0.29, 0.717) is 55.2 Å². The van der Waals surface area contributed by atoms with Gasteiger partial charge in [0.15, 0.2) is 0 Å². The number of hydrogen-bond donors (Lipinski definition) is 1. The number of carbonyl (C=O) groups excluding carboxylic acids is 1. The zero-order valence-electron chi connectivity index (χ0n) is 19.7. The maximum absolute atomic E-state index is 12.6. The van der Waals surface area contributed by atoms with Gasteiger partial charge in [-0.1, -0.05) is 6.07 Å². The molecule has 10 nitrogen and oxygen atoms in total. The van der Waals surface area contributed by atoms with Gasteiger partial charge in [-0.05, 0) is 44.2 Å². The molecular formula is C24H31N7O3. The molecule has 0 radical (unpaired) electrons. The molecule has 34 heavy (non-hydrogen) atoms. The molecule has 0 bridgehead atoms. The number of piperazine rings is 1. The van der Waals surface area contributed by atoms with Crippen LogP contribution < -0.4 is 10.5 Å². The van der Waals surface area contributed by atoms with Gasteiger partial charge in [0.2, 0.25) is 5.91 Å². The van der Waals surface area contributed by atoms with Gasteiger partial charge < -0.3 is 14.5 Å². The van der Waals surface area contributed by atoms with Crippen molar-refractivity contribution < 1.29 is 9.53 Å². The zero-order valence-corrected chi connectivity index (χ0v) is 19.7. The van der Waals surface area contributed by atoms with E-state index in [-0.39, 0.29) is 17.5 Å². The number of pyridine rings is 1. The van der Waals surface area contributed by atoms with Crippen molar-refractivity contribution in [3.05, 3.63) is 46.1 Å². The van der Waals surface area contributed by atoms with Crippen molar-refractivity contribution in [2.75, 3.05) is 44.3 Å². The average Bonchev–Trinajstić information content (AvgIpc) is 3.65. The summed E-state index contributed by atoms with van der Waals surface area (Å²) >= 11 is 0. The Hall–Kier alpha value is -3.27. The van der Waals surface area contributed by atoms with Crippen molar-refractivity contribution >= 4 is 22.6 Å². The second kappa shape index (κ2) is 9.54. The SMILES string of the molecule is Cc1nn(C(C)COCCC(=O)N2CCN(c3ccc(C4CC4)cn3)CC2)c2cn[nH]c(=O)c12. The number of hydrogen-bond acceptors (Lipinski definition) is 7. The van der Waals surface area contributed by atoms with Crippen LogP contribution in [0.4, 0.5) is 5.82 Å². The number of rotatable bonds is 8. The van der Waals surface area contributed by atoms with Crippen molar-refractivity contribution in [2.45, 2.75) is 45.1 Å². The molecule has 1 atom stereocenters. The molecule has 1 aliphatic heterocycles. The van der Waals surface area contributed by atoms with E-state index in [1.54, 1.807) is 17.8 Å². The fourth-order valence-corrected chi connectivity index (χ4v) is 4.58. The molecule has 3 aromatic rings. The number of ether oxygens (including phenoxy) is 1. The summed E-state index contributed by atoms with van der Waals surface area (Å²) in [6.45, 7) is 7.50. The number of anilines is 1. The largest absolute Gasteiger partial charge is 0.379 e. The lowest BCUT2D eigenvalue weighted by atomic mass is 10.2. The normalized spacial score (nSPS) is 17.4. The average molecular weight is 466 g/mol. The maximum atomic E-state index is 12.6. The van der Waals surface area contributed by atoms with Gasteiger partial charge in [-0.25, -0.2) is 10.1 Å². The number of aryl methyl sites for hydroxylation is 1. The van der Waals surface area contributed by atoms with Crippen molar-refractivity contribution in [1.82, 2.24) is 29.9 Å². The van der Waals surface area contributed by atoms with Gasteiger partial charge in [-0.2, -0.15) is 10.2 Å². The first-order valence-corrected chi connectivity index (χ1v) is 12.0. The highest BCUT2D eigenvalue weighted by molar-refractivity contribution is 5.79. The van der Waals surface area contributed by atoms with E-state index < -0.39 is 0 Å². The summed E-state index contributed by atoms with van der Waals surface area (Å²) in [6, 6.07) is 4.21. The third-order valence-electron chi connectivity index (χ3n) is 6.72. The van der Waals surface area contributed by atoms with E-state index >= 15 is 0 Å². The number of H-pyrrole nitrogens is 1. The predicted molar refractivity (Wildman–Crippen MR) is 128 cm³/mol. The number of nitrogens with zero attached hydrogens (tertiary/aromatic N) is 6. The van der Waals surface area contributed by atoms with Crippen LogP contribution >= 0.6 is 0 Å². The number of aromatic nitrogens is 5. The summed E-state index contributed by atoms with van der Waals surface area (Å²) in [7, 11) is 0. The van der Waals surface area contributed by atoms with Gasteiger partial charge in [0.05, 0.1) is 48.5 Å². The lowest BCUT2D eigenvalue weighted by Gasteiger charge is -2.35. The molecule has 10 heteroatoms. The highest BCUT2D eigenvalue weighted by Crippen LogP contribution is 2.39. The Morgan fingerprint density at radius 3 is 2.71 bits per heavy atom. The van der Waals surface area contributed by atoms with Crippen LogP contribution in [-0.2, 0) is 9.53 Å². The minimum Gasteiger partial charge on any atom is -0.379 e. The first-order chi connectivity index (χ1) is 16.5. The lowest BCUT2D eigenvalue weighted by Crippen LogP contribution is -2.49. The lowest BCUT2D eigenvalue weighted by molar-refractivity contribution is -0.132. The molecule has 4 heterocycles. The first-order valence-electron chi connectivity index (χ1n) is 12.0. The van der Waals surface area contributed by atoms with Gasteiger partial charge in [-0.15, -0.1) is 0 Å². The molecule has 1 unspecified atom stereocenters. The highest BCUT2D eigenvalue weighted by Gasteiger charge is 2.25. The Balaban J connectivity index is 1.06. The van der Waals surface area contributed by atoms with E-state index in [2.05, 4.69) is 37.3 Å². The van der Waals surface area contributed by atoms with Crippen LogP contribution in [0.2, 0.25) is 0 Å². The van der Waals surface area contributed by atoms with Gasteiger partial charge in [0.25, 0.3) is 5.56 Å². The fourth-order valence-electron chi connectivity index (χ4n) is 4.58. The number of nitrogens with one attached hydrogen (secondary N) is 1. The monoisotopic (exact) mass is 465 g/mol. The molecule has 1 amide bonds. The third-order valence-corrected chi connectivity index (χ3v) is 6.72. The number of aromatic amines is 1. The zero-order chi connectivity index (χ0) is 23.7.